The van der Waals surface area contributed by atoms with Crippen molar-refractivity contribution in [2.45, 2.75) is 18.9 Å². The Morgan fingerprint density at radius 2 is 2.41 bits per heavy atom. The number of rotatable bonds is 4. The van der Waals surface area contributed by atoms with E-state index in [0.717, 1.165) is 16.5 Å². The summed E-state index contributed by atoms with van der Waals surface area (Å²) >= 11 is 5.52. The number of nitrogens with one attached hydrogen (secondary N) is 1. The van der Waals surface area contributed by atoms with Crippen molar-refractivity contribution < 1.29 is 4.39 Å². The maximum absolute atomic E-state index is 13.2. The molecule has 1 aromatic carbocycles. The van der Waals surface area contributed by atoms with Crippen LogP contribution in [0.5, 0.6) is 0 Å². The van der Waals surface area contributed by atoms with Crippen molar-refractivity contribution in [2.24, 2.45) is 5.92 Å². The van der Waals surface area contributed by atoms with Gasteiger partial charge >= 0.3 is 0 Å². The second kappa shape index (κ2) is 6.21. The van der Waals surface area contributed by atoms with Crippen molar-refractivity contribution in [3.8, 4) is 0 Å². The Bertz CT molecular complexity index is 380. The minimum Gasteiger partial charge on any atom is -0.316 e. The summed E-state index contributed by atoms with van der Waals surface area (Å²) < 4.78 is 14.2. The predicted octanol–water partition coefficient (Wildman–Crippen LogP) is 3.47. The van der Waals surface area contributed by atoms with E-state index in [1.165, 1.54) is 24.0 Å². The molecule has 0 aliphatic carbocycles. The van der Waals surface area contributed by atoms with Gasteiger partial charge in [-0.25, -0.2) is 4.39 Å². The molecular formula is C13H17BrFNS. The van der Waals surface area contributed by atoms with Gasteiger partial charge < -0.3 is 5.32 Å². The fourth-order valence-electron chi connectivity index (χ4n) is 2.31. The molecule has 1 saturated heterocycles. The van der Waals surface area contributed by atoms with Gasteiger partial charge in [0.2, 0.25) is 0 Å². The minimum atomic E-state index is -0.154. The van der Waals surface area contributed by atoms with Crippen LogP contribution in [-0.4, -0.2) is 24.6 Å². The Kier molecular flexibility index (Phi) is 4.88. The molecule has 0 bridgehead atoms. The minimum absolute atomic E-state index is 0.154. The largest absolute Gasteiger partial charge is 0.316 e. The van der Waals surface area contributed by atoms with E-state index >= 15 is 0 Å². The zero-order chi connectivity index (χ0) is 12.3. The van der Waals surface area contributed by atoms with E-state index < -0.39 is 0 Å². The fraction of sp³-hybridized carbons (Fsp3) is 0.538. The van der Waals surface area contributed by atoms with E-state index in [1.54, 1.807) is 12.1 Å². The van der Waals surface area contributed by atoms with Gasteiger partial charge in [0, 0.05) is 10.5 Å². The highest BCUT2D eigenvalue weighted by Gasteiger charge is 2.24. The normalized spacial score (nSPS) is 21.7. The molecule has 0 saturated carbocycles. The molecule has 1 aliphatic heterocycles. The first-order chi connectivity index (χ1) is 8.20. The summed E-state index contributed by atoms with van der Waals surface area (Å²) in [5.74, 6) is 3.03. The van der Waals surface area contributed by atoms with Crippen molar-refractivity contribution >= 4 is 27.7 Å². The van der Waals surface area contributed by atoms with E-state index in [4.69, 9.17) is 0 Å². The molecule has 0 aromatic heterocycles. The molecule has 1 nitrogen and oxygen atoms in total. The van der Waals surface area contributed by atoms with Gasteiger partial charge in [0.25, 0.3) is 0 Å². The second-order valence-electron chi connectivity index (χ2n) is 4.46. The zero-order valence-corrected chi connectivity index (χ0v) is 12.3. The van der Waals surface area contributed by atoms with E-state index in [2.05, 4.69) is 21.2 Å². The molecule has 0 radical (unpaired) electrons. The molecule has 0 spiro atoms. The van der Waals surface area contributed by atoms with Crippen molar-refractivity contribution in [1.29, 1.82) is 0 Å². The van der Waals surface area contributed by atoms with Gasteiger partial charge in [-0.1, -0.05) is 15.9 Å². The first-order valence-corrected chi connectivity index (χ1v) is 7.84. The second-order valence-corrected chi connectivity index (χ2v) is 6.46. The summed E-state index contributed by atoms with van der Waals surface area (Å²) in [6.07, 6.45) is 2.16. The van der Waals surface area contributed by atoms with Gasteiger partial charge in [-0.05, 0) is 61.1 Å². The summed E-state index contributed by atoms with van der Waals surface area (Å²) in [5.41, 5.74) is 1.06. The van der Waals surface area contributed by atoms with E-state index in [9.17, 15) is 4.39 Å². The summed E-state index contributed by atoms with van der Waals surface area (Å²) in [6, 6.07) is 5.37. The van der Waals surface area contributed by atoms with E-state index in [1.807, 2.05) is 18.8 Å². The van der Waals surface area contributed by atoms with Crippen LogP contribution in [0.1, 0.15) is 12.0 Å². The molecule has 2 atom stereocenters. The number of likely N-dealkylation sites (N-methyl/N-ethyl adjacent to an activating group) is 1. The molecule has 1 aromatic rings. The molecule has 1 heterocycles. The Morgan fingerprint density at radius 3 is 3.06 bits per heavy atom. The predicted molar refractivity (Wildman–Crippen MR) is 76.1 cm³/mol. The lowest BCUT2D eigenvalue weighted by molar-refractivity contribution is 0.403. The monoisotopic (exact) mass is 317 g/mol. The molecule has 0 amide bonds. The molecule has 94 valence electrons. The van der Waals surface area contributed by atoms with Crippen molar-refractivity contribution in [1.82, 2.24) is 5.32 Å². The molecule has 1 N–H and O–H groups in total. The molecule has 4 heteroatoms. The van der Waals surface area contributed by atoms with Crippen LogP contribution in [0.25, 0.3) is 0 Å². The van der Waals surface area contributed by atoms with Crippen LogP contribution in [0.3, 0.4) is 0 Å². The fourth-order valence-corrected chi connectivity index (χ4v) is 4.06. The number of halogens is 2. The van der Waals surface area contributed by atoms with Crippen molar-refractivity contribution in [3.05, 3.63) is 34.1 Å². The maximum Gasteiger partial charge on any atom is 0.123 e. The standard InChI is InChI=1S/C13H17BrFNS/c1-16-13(9-4-5-17-8-9)7-10-6-11(15)2-3-12(10)14/h2-3,6,9,13,16H,4-5,7-8H2,1H3. The SMILES string of the molecule is CNC(Cc1cc(F)ccc1Br)C1CCSC1. The van der Waals surface area contributed by atoms with E-state index in [-0.39, 0.29) is 5.82 Å². The van der Waals surface area contributed by atoms with Crippen LogP contribution in [-0.2, 0) is 6.42 Å². The molecule has 2 unspecified atom stereocenters. The molecule has 17 heavy (non-hydrogen) atoms. The van der Waals surface area contributed by atoms with Crippen LogP contribution in [0.15, 0.2) is 22.7 Å². The van der Waals surface area contributed by atoms with Crippen LogP contribution in [0.2, 0.25) is 0 Å². The highest BCUT2D eigenvalue weighted by atomic mass is 79.9. The van der Waals surface area contributed by atoms with Crippen molar-refractivity contribution in [2.75, 3.05) is 18.6 Å². The number of hydrogen-bond donors (Lipinski definition) is 1. The Morgan fingerprint density at radius 1 is 1.59 bits per heavy atom. The van der Waals surface area contributed by atoms with Crippen LogP contribution in [0, 0.1) is 11.7 Å². The Balaban J connectivity index is 2.09. The number of hydrogen-bond acceptors (Lipinski definition) is 2. The van der Waals surface area contributed by atoms with Crippen LogP contribution >= 0.6 is 27.7 Å². The summed E-state index contributed by atoms with van der Waals surface area (Å²) in [7, 11) is 2.00. The number of thioether (sulfide) groups is 1. The quantitative estimate of drug-likeness (QED) is 0.912. The third-order valence-corrected chi connectivity index (χ3v) is 5.31. The Hall–Kier alpha value is -0.0600. The third kappa shape index (κ3) is 3.46. The van der Waals surface area contributed by atoms with Crippen molar-refractivity contribution in [3.63, 3.8) is 0 Å². The Labute approximate surface area is 115 Å². The van der Waals surface area contributed by atoms with Gasteiger partial charge in [0.15, 0.2) is 0 Å². The summed E-state index contributed by atoms with van der Waals surface area (Å²) in [6.45, 7) is 0. The molecule has 2 rings (SSSR count). The first kappa shape index (κ1) is 13.4. The topological polar surface area (TPSA) is 12.0 Å². The van der Waals surface area contributed by atoms with Gasteiger partial charge in [0.1, 0.15) is 5.82 Å². The first-order valence-electron chi connectivity index (χ1n) is 5.89. The van der Waals surface area contributed by atoms with Gasteiger partial charge in [-0.15, -0.1) is 0 Å². The zero-order valence-electron chi connectivity index (χ0n) is 9.88. The highest BCUT2D eigenvalue weighted by Crippen LogP contribution is 2.29. The van der Waals surface area contributed by atoms with Gasteiger partial charge in [0.05, 0.1) is 0 Å². The average molecular weight is 318 g/mol. The van der Waals surface area contributed by atoms with Crippen LogP contribution < -0.4 is 5.32 Å². The summed E-state index contributed by atoms with van der Waals surface area (Å²) in [5, 5.41) is 3.38. The highest BCUT2D eigenvalue weighted by molar-refractivity contribution is 9.10. The summed E-state index contributed by atoms with van der Waals surface area (Å²) in [4.78, 5) is 0. The smallest absolute Gasteiger partial charge is 0.123 e. The third-order valence-electron chi connectivity index (χ3n) is 3.35. The maximum atomic E-state index is 13.2. The molecular weight excluding hydrogens is 301 g/mol. The molecule has 1 aliphatic rings. The van der Waals surface area contributed by atoms with Crippen LogP contribution in [0.4, 0.5) is 4.39 Å². The lowest BCUT2D eigenvalue weighted by Gasteiger charge is -2.23. The van der Waals surface area contributed by atoms with Gasteiger partial charge in [-0.3, -0.25) is 0 Å². The lowest BCUT2D eigenvalue weighted by atomic mass is 9.93. The lowest BCUT2D eigenvalue weighted by Crippen LogP contribution is -2.35. The van der Waals surface area contributed by atoms with E-state index in [0.29, 0.717) is 12.0 Å². The number of benzene rings is 1. The van der Waals surface area contributed by atoms with Gasteiger partial charge in [-0.2, -0.15) is 11.8 Å². The molecule has 1 fully saturated rings. The average Bonchev–Trinajstić information content (AvgIpc) is 2.84.